The fraction of sp³-hybridized carbons (Fsp3) is 0.316. The molecule has 2 unspecified atom stereocenters. The van der Waals surface area contributed by atoms with Crippen LogP contribution in [0.3, 0.4) is 0 Å². The highest BCUT2D eigenvalue weighted by molar-refractivity contribution is 5.59. The first-order chi connectivity index (χ1) is 10.7. The van der Waals surface area contributed by atoms with Crippen molar-refractivity contribution in [2.45, 2.75) is 32.4 Å². The maximum atomic E-state index is 6.27. The minimum Gasteiger partial charge on any atom is -0.265 e. The predicted molar refractivity (Wildman–Crippen MR) is 88.3 cm³/mol. The van der Waals surface area contributed by atoms with Gasteiger partial charge >= 0.3 is 0 Å². The van der Waals surface area contributed by atoms with Gasteiger partial charge in [-0.15, -0.1) is 0 Å². The Morgan fingerprint density at radius 2 is 2.09 bits per heavy atom. The molecule has 3 heteroatoms. The van der Waals surface area contributed by atoms with Crippen LogP contribution in [0, 0.1) is 5.41 Å². The van der Waals surface area contributed by atoms with E-state index in [4.69, 9.17) is 4.84 Å². The number of para-hydroxylation sites is 1. The Labute approximate surface area is 131 Å². The summed E-state index contributed by atoms with van der Waals surface area (Å²) in [6.07, 6.45) is 9.06. The van der Waals surface area contributed by atoms with Crippen molar-refractivity contribution in [1.29, 1.82) is 0 Å². The van der Waals surface area contributed by atoms with Crippen LogP contribution in [-0.2, 0) is 11.3 Å². The van der Waals surface area contributed by atoms with Gasteiger partial charge in [-0.05, 0) is 29.7 Å². The van der Waals surface area contributed by atoms with E-state index in [1.807, 2.05) is 12.3 Å². The average Bonchev–Trinajstić information content (AvgIpc) is 3.02. The average molecular weight is 292 g/mol. The molecule has 4 rings (SSSR count). The zero-order valence-corrected chi connectivity index (χ0v) is 12.9. The maximum absolute atomic E-state index is 6.27. The van der Waals surface area contributed by atoms with Gasteiger partial charge in [0.15, 0.2) is 0 Å². The van der Waals surface area contributed by atoms with E-state index in [1.54, 1.807) is 6.20 Å². The molecule has 22 heavy (non-hydrogen) atoms. The number of rotatable bonds is 2. The summed E-state index contributed by atoms with van der Waals surface area (Å²) in [5.41, 5.74) is 3.78. The summed E-state index contributed by atoms with van der Waals surface area (Å²) in [5.74, 6) is 0. The van der Waals surface area contributed by atoms with Crippen LogP contribution >= 0.6 is 0 Å². The van der Waals surface area contributed by atoms with E-state index in [0.717, 1.165) is 12.0 Å². The molecule has 0 bridgehead atoms. The van der Waals surface area contributed by atoms with Crippen LogP contribution in [0.4, 0.5) is 5.69 Å². The molecule has 2 aliphatic rings. The Morgan fingerprint density at radius 3 is 2.91 bits per heavy atom. The van der Waals surface area contributed by atoms with Gasteiger partial charge in [-0.1, -0.05) is 50.3 Å². The van der Waals surface area contributed by atoms with Crippen LogP contribution in [0.25, 0.3) is 6.08 Å². The Kier molecular flexibility index (Phi) is 3.05. The molecular formula is C19H20N2O. The second-order valence-electron chi connectivity index (χ2n) is 6.67. The zero-order chi connectivity index (χ0) is 15.2. The Bertz CT molecular complexity index is 708. The van der Waals surface area contributed by atoms with Crippen LogP contribution in [0.2, 0.25) is 0 Å². The van der Waals surface area contributed by atoms with Gasteiger partial charge < -0.3 is 0 Å². The molecule has 1 aromatic carbocycles. The standard InChI is InChI=1S/C19H20N2O/c1-19(2)17-12-15-7-3-4-8-16(15)21(17)22-18(19)10-9-14-6-5-11-20-13-14/h3-11,13,17-18H,12H2,1-2H3. The zero-order valence-electron chi connectivity index (χ0n) is 12.9. The van der Waals surface area contributed by atoms with Gasteiger partial charge in [-0.3, -0.25) is 9.82 Å². The number of nitrogens with zero attached hydrogens (tertiary/aromatic N) is 2. The molecular weight excluding hydrogens is 272 g/mol. The van der Waals surface area contributed by atoms with Gasteiger partial charge in [0.2, 0.25) is 0 Å². The molecule has 1 saturated heterocycles. The fourth-order valence-electron chi connectivity index (χ4n) is 3.46. The molecule has 1 fully saturated rings. The highest BCUT2D eigenvalue weighted by Gasteiger charge is 2.51. The molecule has 2 atom stereocenters. The van der Waals surface area contributed by atoms with Crippen LogP contribution < -0.4 is 5.06 Å². The summed E-state index contributed by atoms with van der Waals surface area (Å²) in [6.45, 7) is 4.59. The monoisotopic (exact) mass is 292 g/mol. The van der Waals surface area contributed by atoms with E-state index in [1.165, 1.54) is 11.3 Å². The molecule has 112 valence electrons. The molecule has 2 aliphatic heterocycles. The lowest BCUT2D eigenvalue weighted by molar-refractivity contribution is 0.0849. The number of hydroxylamine groups is 1. The van der Waals surface area contributed by atoms with Crippen molar-refractivity contribution in [3.8, 4) is 0 Å². The van der Waals surface area contributed by atoms with E-state index in [0.29, 0.717) is 6.04 Å². The molecule has 0 aliphatic carbocycles. The quantitative estimate of drug-likeness (QED) is 0.840. The minimum atomic E-state index is 0.0672. The predicted octanol–water partition coefficient (Wildman–Crippen LogP) is 3.87. The van der Waals surface area contributed by atoms with Gasteiger partial charge in [0, 0.05) is 17.8 Å². The fourth-order valence-corrected chi connectivity index (χ4v) is 3.46. The third-order valence-electron chi connectivity index (χ3n) is 4.89. The van der Waals surface area contributed by atoms with Gasteiger partial charge in [0.1, 0.15) is 6.10 Å². The summed E-state index contributed by atoms with van der Waals surface area (Å²) >= 11 is 0. The molecule has 0 saturated carbocycles. The Balaban J connectivity index is 1.61. The number of pyridine rings is 1. The molecule has 0 amide bonds. The van der Waals surface area contributed by atoms with E-state index in [-0.39, 0.29) is 11.5 Å². The van der Waals surface area contributed by atoms with E-state index in [2.05, 4.69) is 66.4 Å². The first kappa shape index (κ1) is 13.5. The number of aromatic nitrogens is 1. The van der Waals surface area contributed by atoms with E-state index in [9.17, 15) is 0 Å². The lowest BCUT2D eigenvalue weighted by Crippen LogP contribution is -2.36. The maximum Gasteiger partial charge on any atom is 0.111 e. The normalized spacial score (nSPS) is 25.5. The van der Waals surface area contributed by atoms with Gasteiger partial charge in [-0.25, -0.2) is 5.06 Å². The van der Waals surface area contributed by atoms with Crippen molar-refractivity contribution in [3.05, 3.63) is 66.0 Å². The van der Waals surface area contributed by atoms with Crippen molar-refractivity contribution < 1.29 is 4.84 Å². The summed E-state index contributed by atoms with van der Waals surface area (Å²) in [4.78, 5) is 10.4. The molecule has 3 heterocycles. The molecule has 0 N–H and O–H groups in total. The molecule has 0 radical (unpaired) electrons. The summed E-state index contributed by atoms with van der Waals surface area (Å²) < 4.78 is 0. The third-order valence-corrected chi connectivity index (χ3v) is 4.89. The van der Waals surface area contributed by atoms with E-state index < -0.39 is 0 Å². The van der Waals surface area contributed by atoms with Crippen LogP contribution in [0.15, 0.2) is 54.9 Å². The van der Waals surface area contributed by atoms with Crippen molar-refractivity contribution >= 4 is 11.8 Å². The van der Waals surface area contributed by atoms with E-state index >= 15 is 0 Å². The Hall–Kier alpha value is -2.13. The number of fused-ring (bicyclic) bond motifs is 3. The summed E-state index contributed by atoms with van der Waals surface area (Å²) in [6, 6.07) is 12.9. The second-order valence-corrected chi connectivity index (χ2v) is 6.67. The largest absolute Gasteiger partial charge is 0.265 e. The molecule has 3 nitrogen and oxygen atoms in total. The molecule has 1 aromatic heterocycles. The van der Waals surface area contributed by atoms with Crippen LogP contribution in [-0.4, -0.2) is 17.1 Å². The topological polar surface area (TPSA) is 25.4 Å². The van der Waals surface area contributed by atoms with Crippen molar-refractivity contribution in [2.24, 2.45) is 5.41 Å². The lowest BCUT2D eigenvalue weighted by atomic mass is 9.78. The lowest BCUT2D eigenvalue weighted by Gasteiger charge is -2.26. The van der Waals surface area contributed by atoms with Gasteiger partial charge in [-0.2, -0.15) is 0 Å². The first-order valence-electron chi connectivity index (χ1n) is 7.78. The third kappa shape index (κ3) is 2.04. The highest BCUT2D eigenvalue weighted by atomic mass is 16.7. The number of hydrogen-bond donors (Lipinski definition) is 0. The number of anilines is 1. The van der Waals surface area contributed by atoms with Gasteiger partial charge in [0.25, 0.3) is 0 Å². The van der Waals surface area contributed by atoms with Gasteiger partial charge in [0.05, 0.1) is 11.7 Å². The molecule has 2 aromatic rings. The van der Waals surface area contributed by atoms with Crippen LogP contribution in [0.5, 0.6) is 0 Å². The second kappa shape index (κ2) is 4.96. The first-order valence-corrected chi connectivity index (χ1v) is 7.78. The minimum absolute atomic E-state index is 0.0672. The van der Waals surface area contributed by atoms with Crippen molar-refractivity contribution in [1.82, 2.24) is 4.98 Å². The highest BCUT2D eigenvalue weighted by Crippen LogP contribution is 2.48. The molecule has 0 spiro atoms. The smallest absolute Gasteiger partial charge is 0.111 e. The Morgan fingerprint density at radius 1 is 1.23 bits per heavy atom. The summed E-state index contributed by atoms with van der Waals surface area (Å²) in [5, 5.41) is 2.12. The van der Waals surface area contributed by atoms with Crippen molar-refractivity contribution in [3.63, 3.8) is 0 Å². The van der Waals surface area contributed by atoms with Crippen molar-refractivity contribution in [2.75, 3.05) is 5.06 Å². The van der Waals surface area contributed by atoms with Crippen LogP contribution in [0.1, 0.15) is 25.0 Å². The number of benzene rings is 1. The SMILES string of the molecule is CC1(C)C(C=Cc2cccnc2)ON2c3ccccc3CC21. The number of hydrogen-bond acceptors (Lipinski definition) is 3. The summed E-state index contributed by atoms with van der Waals surface area (Å²) in [7, 11) is 0.